The van der Waals surface area contributed by atoms with Crippen LogP contribution in [0.15, 0.2) is 52.9 Å². The van der Waals surface area contributed by atoms with E-state index < -0.39 is 23.9 Å². The fraction of sp³-hybridized carbons (Fsp3) is 0.273. The number of alkyl halides is 2. The number of thiazole rings is 1. The molecule has 1 spiro atoms. The molecule has 3 aromatic rings. The summed E-state index contributed by atoms with van der Waals surface area (Å²) in [6.45, 7) is -2.01. The first-order chi connectivity index (χ1) is 16.8. The smallest absolute Gasteiger partial charge is 0.333 e. The fourth-order valence-corrected chi connectivity index (χ4v) is 5.78. The number of hydrogen-bond acceptors (Lipinski definition) is 6. The molecule has 2 fully saturated rings. The summed E-state index contributed by atoms with van der Waals surface area (Å²) in [7, 11) is 0. The lowest BCUT2D eigenvalue weighted by Gasteiger charge is -2.32. The van der Waals surface area contributed by atoms with Crippen molar-refractivity contribution in [1.82, 2.24) is 30.3 Å². The minimum absolute atomic E-state index is 0.161. The first-order valence-corrected chi connectivity index (χ1v) is 11.9. The predicted molar refractivity (Wildman–Crippen MR) is 124 cm³/mol. The van der Waals surface area contributed by atoms with Gasteiger partial charge in [0.1, 0.15) is 11.9 Å². The molecule has 8 nitrogen and oxygen atoms in total. The number of amidine groups is 1. The Kier molecular flexibility index (Phi) is 5.11. The summed E-state index contributed by atoms with van der Waals surface area (Å²) in [4.78, 5) is 23.4. The molecular weight excluding hydrogens is 503 g/mol. The second-order valence-electron chi connectivity index (χ2n) is 8.56. The first kappa shape index (κ1) is 22.1. The van der Waals surface area contributed by atoms with E-state index in [1.165, 1.54) is 35.9 Å². The number of hydrogen-bond donors (Lipinski definition) is 2. The maximum Gasteiger partial charge on any atom is 0.333 e. The molecule has 2 atom stereocenters. The van der Waals surface area contributed by atoms with E-state index >= 15 is 0 Å². The van der Waals surface area contributed by atoms with Gasteiger partial charge in [0, 0.05) is 59.1 Å². The summed E-state index contributed by atoms with van der Waals surface area (Å²) in [5, 5.41) is 12.3. The minimum Gasteiger partial charge on any atom is -0.336 e. The van der Waals surface area contributed by atoms with Gasteiger partial charge in [-0.15, -0.1) is 11.3 Å². The molecule has 180 valence electrons. The minimum atomic E-state index is -2.82. The normalized spacial score (nSPS) is 23.7. The molecule has 0 radical (unpaired) electrons. The number of aromatic nitrogens is 3. The lowest BCUT2D eigenvalue weighted by Crippen LogP contribution is -2.47. The molecular formula is C22H17ClF3N7OS. The molecule has 2 N–H and O–H groups in total. The molecule has 0 bridgehead atoms. The van der Waals surface area contributed by atoms with Gasteiger partial charge in [0.2, 0.25) is 0 Å². The van der Waals surface area contributed by atoms with E-state index in [0.717, 1.165) is 5.70 Å². The largest absolute Gasteiger partial charge is 0.336 e. The maximum absolute atomic E-state index is 13.9. The first-order valence-electron chi connectivity index (χ1n) is 10.7. The van der Waals surface area contributed by atoms with Crippen LogP contribution < -0.4 is 10.6 Å². The summed E-state index contributed by atoms with van der Waals surface area (Å²) in [5.74, 6) is 0.0722. The van der Waals surface area contributed by atoms with Crippen molar-refractivity contribution in [2.45, 2.75) is 24.6 Å². The van der Waals surface area contributed by atoms with Crippen molar-refractivity contribution in [3.05, 3.63) is 74.8 Å². The van der Waals surface area contributed by atoms with Crippen molar-refractivity contribution >= 4 is 40.4 Å². The van der Waals surface area contributed by atoms with E-state index in [4.69, 9.17) is 16.6 Å². The number of urea groups is 1. The van der Waals surface area contributed by atoms with E-state index in [1.54, 1.807) is 12.3 Å². The molecule has 1 aromatic carbocycles. The number of nitrogens with zero attached hydrogens (tertiary/aromatic N) is 5. The van der Waals surface area contributed by atoms with Crippen molar-refractivity contribution in [2.24, 2.45) is 4.99 Å². The Bertz CT molecular complexity index is 1390. The van der Waals surface area contributed by atoms with Crippen molar-refractivity contribution in [3.63, 3.8) is 0 Å². The second kappa shape index (κ2) is 8.09. The Balaban J connectivity index is 1.58. The topological polar surface area (TPSA) is 87.4 Å². The van der Waals surface area contributed by atoms with Crippen LogP contribution in [0.5, 0.6) is 0 Å². The standard InChI is InChI=1S/C22H17ClF3N7OS/c23-14-5-12(24)1-2-13(14)17-16(11-7-29-33(8-11)20(25)26)15-6-22(9-28-21(34)31-22)10-32(15)18(30-17)19-27-3-4-35-19/h1-5,7-8,17,20H,6,9-10H2,(H2,28,31,34)/t17-,22+/m0/s1. The third-order valence-corrected chi connectivity index (χ3v) is 7.44. The zero-order valence-electron chi connectivity index (χ0n) is 17.9. The molecule has 0 unspecified atom stereocenters. The van der Waals surface area contributed by atoms with Gasteiger partial charge in [-0.3, -0.25) is 4.99 Å². The van der Waals surface area contributed by atoms with Crippen LogP contribution in [-0.4, -0.2) is 50.2 Å². The highest BCUT2D eigenvalue weighted by Gasteiger charge is 2.50. The van der Waals surface area contributed by atoms with Crippen molar-refractivity contribution in [2.75, 3.05) is 13.1 Å². The second-order valence-corrected chi connectivity index (χ2v) is 9.86. The van der Waals surface area contributed by atoms with E-state index in [-0.39, 0.29) is 11.1 Å². The number of halogens is 4. The molecule has 0 aliphatic carbocycles. The molecule has 2 aromatic heterocycles. The van der Waals surface area contributed by atoms with Crippen LogP contribution >= 0.6 is 22.9 Å². The molecule has 3 aliphatic heterocycles. The highest BCUT2D eigenvalue weighted by atomic mass is 35.5. The Morgan fingerprint density at radius 2 is 2.17 bits per heavy atom. The zero-order valence-corrected chi connectivity index (χ0v) is 19.5. The summed E-state index contributed by atoms with van der Waals surface area (Å²) in [6, 6.07) is 3.02. The third-order valence-electron chi connectivity index (χ3n) is 6.34. The van der Waals surface area contributed by atoms with Crippen molar-refractivity contribution in [1.29, 1.82) is 0 Å². The van der Waals surface area contributed by atoms with Gasteiger partial charge in [0.15, 0.2) is 10.8 Å². The lowest BCUT2D eigenvalue weighted by atomic mass is 9.89. The van der Waals surface area contributed by atoms with Crippen LogP contribution in [-0.2, 0) is 0 Å². The van der Waals surface area contributed by atoms with Gasteiger partial charge in [-0.2, -0.15) is 13.9 Å². The SMILES string of the molecule is O=C1NC[C@@]2(CC3=C(c4cnn(C(F)F)c4)[C@H](c4ccc(F)cc4Cl)N=C(c4nccs4)N3C2)N1. The number of aliphatic imine (C=N–C) groups is 1. The number of fused-ring (bicyclic) bond motifs is 1. The lowest BCUT2D eigenvalue weighted by molar-refractivity contribution is 0.0566. The zero-order chi connectivity index (χ0) is 24.3. The summed E-state index contributed by atoms with van der Waals surface area (Å²) in [5.41, 5.74) is 1.74. The van der Waals surface area contributed by atoms with Gasteiger partial charge < -0.3 is 15.5 Å². The Morgan fingerprint density at radius 1 is 1.31 bits per heavy atom. The van der Waals surface area contributed by atoms with Crippen LogP contribution in [0.3, 0.4) is 0 Å². The average Bonchev–Trinajstić information content (AvgIpc) is 3.60. The Labute approximate surface area is 206 Å². The quantitative estimate of drug-likeness (QED) is 0.541. The van der Waals surface area contributed by atoms with Crippen LogP contribution in [0, 0.1) is 5.82 Å². The monoisotopic (exact) mass is 519 g/mol. The molecule has 3 aliphatic rings. The summed E-state index contributed by atoms with van der Waals surface area (Å²) in [6.07, 6.45) is 4.70. The molecule has 35 heavy (non-hydrogen) atoms. The molecule has 5 heterocycles. The van der Waals surface area contributed by atoms with Gasteiger partial charge in [0.25, 0.3) is 0 Å². The van der Waals surface area contributed by atoms with Gasteiger partial charge in [-0.25, -0.2) is 18.9 Å². The van der Waals surface area contributed by atoms with E-state index in [9.17, 15) is 18.0 Å². The van der Waals surface area contributed by atoms with Gasteiger partial charge in [-0.05, 0) is 17.7 Å². The molecule has 0 saturated carbocycles. The van der Waals surface area contributed by atoms with Gasteiger partial charge in [-0.1, -0.05) is 17.7 Å². The van der Waals surface area contributed by atoms with Gasteiger partial charge in [0.05, 0.1) is 11.7 Å². The number of carbonyl (C=O) groups excluding carboxylic acids is 1. The van der Waals surface area contributed by atoms with Crippen LogP contribution in [0.4, 0.5) is 18.0 Å². The van der Waals surface area contributed by atoms with Crippen LogP contribution in [0.2, 0.25) is 5.02 Å². The Hall–Kier alpha value is -3.38. The van der Waals surface area contributed by atoms with Crippen molar-refractivity contribution < 1.29 is 18.0 Å². The van der Waals surface area contributed by atoms with Crippen molar-refractivity contribution in [3.8, 4) is 0 Å². The van der Waals surface area contributed by atoms with E-state index in [2.05, 4.69) is 20.7 Å². The number of amides is 2. The highest BCUT2D eigenvalue weighted by molar-refractivity contribution is 7.11. The maximum atomic E-state index is 13.9. The van der Waals surface area contributed by atoms with E-state index in [0.29, 0.717) is 51.7 Å². The van der Waals surface area contributed by atoms with Crippen LogP contribution in [0.1, 0.15) is 35.1 Å². The van der Waals surface area contributed by atoms with Gasteiger partial charge >= 0.3 is 12.6 Å². The number of benzene rings is 1. The van der Waals surface area contributed by atoms with Crippen LogP contribution in [0.25, 0.3) is 5.57 Å². The van der Waals surface area contributed by atoms with E-state index in [1.807, 2.05) is 10.3 Å². The Morgan fingerprint density at radius 3 is 2.83 bits per heavy atom. The fourth-order valence-electron chi connectivity index (χ4n) is 4.87. The average molecular weight is 520 g/mol. The number of nitrogens with one attached hydrogen (secondary N) is 2. The highest BCUT2D eigenvalue weighted by Crippen LogP contribution is 2.48. The number of carbonyl (C=O) groups is 1. The molecule has 2 amide bonds. The molecule has 6 rings (SSSR count). The summed E-state index contributed by atoms with van der Waals surface area (Å²) >= 11 is 7.86. The summed E-state index contributed by atoms with van der Waals surface area (Å²) < 4.78 is 41.2. The molecule has 13 heteroatoms. The number of rotatable bonds is 4. The molecule has 2 saturated heterocycles. The third kappa shape index (κ3) is 3.67. The predicted octanol–water partition coefficient (Wildman–Crippen LogP) is 4.20.